The van der Waals surface area contributed by atoms with Crippen LogP contribution in [0.4, 0.5) is 0 Å². The minimum atomic E-state index is -0.458. The van der Waals surface area contributed by atoms with Crippen molar-refractivity contribution in [2.75, 3.05) is 6.54 Å². The number of carbonyl (C=O) groups is 1. The summed E-state index contributed by atoms with van der Waals surface area (Å²) in [6.07, 6.45) is 4.87. The molecule has 1 aliphatic rings. The Hall–Kier alpha value is -1.81. The number of fused-ring (bicyclic) bond motifs is 1. The fourth-order valence-corrected chi connectivity index (χ4v) is 3.35. The predicted octanol–water partition coefficient (Wildman–Crippen LogP) is 2.30. The van der Waals surface area contributed by atoms with Crippen LogP contribution in [-0.4, -0.2) is 28.6 Å². The Morgan fingerprint density at radius 2 is 2.29 bits per heavy atom. The molecule has 1 saturated carbocycles. The molecular formula is C17H22N2O2. The molecule has 1 aromatic heterocycles. The van der Waals surface area contributed by atoms with Crippen LogP contribution in [0.2, 0.25) is 0 Å². The molecule has 1 aromatic carbocycles. The standard InChI is InChI=1S/C17H22N2O2/c1-11-4-2-6-14-16(11)12(10-19-14)8-9-18-17(21)13-5-3-7-15(13)20/h2,4,6,10,13,15,19-20H,3,5,7-9H2,1H3,(H,18,21). The van der Waals surface area contributed by atoms with E-state index in [1.54, 1.807) is 0 Å². The molecular weight excluding hydrogens is 264 g/mol. The van der Waals surface area contributed by atoms with Gasteiger partial charge in [0.15, 0.2) is 0 Å². The molecule has 0 saturated heterocycles. The molecule has 0 aliphatic heterocycles. The summed E-state index contributed by atoms with van der Waals surface area (Å²) in [4.78, 5) is 15.3. The number of hydrogen-bond donors (Lipinski definition) is 3. The first-order valence-electron chi connectivity index (χ1n) is 7.68. The van der Waals surface area contributed by atoms with E-state index < -0.39 is 6.10 Å². The topological polar surface area (TPSA) is 65.1 Å². The first-order valence-corrected chi connectivity index (χ1v) is 7.68. The van der Waals surface area contributed by atoms with Crippen LogP contribution in [0.5, 0.6) is 0 Å². The summed E-state index contributed by atoms with van der Waals surface area (Å²) in [5.74, 6) is -0.216. The van der Waals surface area contributed by atoms with Crippen molar-refractivity contribution in [1.29, 1.82) is 0 Å². The summed E-state index contributed by atoms with van der Waals surface area (Å²) in [5.41, 5.74) is 3.62. The average molecular weight is 286 g/mol. The van der Waals surface area contributed by atoms with Crippen molar-refractivity contribution >= 4 is 16.8 Å². The normalized spacial score (nSPS) is 21.8. The molecule has 3 N–H and O–H groups in total. The minimum Gasteiger partial charge on any atom is -0.392 e. The molecule has 1 amide bonds. The molecule has 0 spiro atoms. The van der Waals surface area contributed by atoms with Crippen LogP contribution in [0, 0.1) is 12.8 Å². The van der Waals surface area contributed by atoms with Gasteiger partial charge in [0.1, 0.15) is 0 Å². The summed E-state index contributed by atoms with van der Waals surface area (Å²) in [6.45, 7) is 2.72. The van der Waals surface area contributed by atoms with E-state index in [0.717, 1.165) is 31.2 Å². The average Bonchev–Trinajstić information content (AvgIpc) is 3.06. The van der Waals surface area contributed by atoms with Gasteiger partial charge in [-0.3, -0.25) is 4.79 Å². The SMILES string of the molecule is Cc1cccc2[nH]cc(CCNC(=O)C3CCCC3O)c12. The monoisotopic (exact) mass is 286 g/mol. The maximum atomic E-state index is 12.0. The fourth-order valence-electron chi connectivity index (χ4n) is 3.35. The van der Waals surface area contributed by atoms with Gasteiger partial charge in [-0.1, -0.05) is 12.1 Å². The van der Waals surface area contributed by atoms with E-state index in [2.05, 4.69) is 29.4 Å². The minimum absolute atomic E-state index is 0.00318. The molecule has 0 radical (unpaired) electrons. The quantitative estimate of drug-likeness (QED) is 0.807. The van der Waals surface area contributed by atoms with Crippen molar-refractivity contribution in [3.05, 3.63) is 35.5 Å². The van der Waals surface area contributed by atoms with Crippen molar-refractivity contribution in [2.45, 2.75) is 38.7 Å². The van der Waals surface area contributed by atoms with Crippen molar-refractivity contribution in [2.24, 2.45) is 5.92 Å². The maximum absolute atomic E-state index is 12.0. The number of aromatic amines is 1. The third-order valence-electron chi connectivity index (χ3n) is 4.51. The largest absolute Gasteiger partial charge is 0.392 e. The lowest BCUT2D eigenvalue weighted by Crippen LogP contribution is -2.35. The Kier molecular flexibility index (Phi) is 3.97. The van der Waals surface area contributed by atoms with E-state index >= 15 is 0 Å². The van der Waals surface area contributed by atoms with Crippen molar-refractivity contribution in [1.82, 2.24) is 10.3 Å². The van der Waals surface area contributed by atoms with Crippen LogP contribution in [0.15, 0.2) is 24.4 Å². The lowest BCUT2D eigenvalue weighted by Gasteiger charge is -2.14. The number of nitrogens with one attached hydrogen (secondary N) is 2. The van der Waals surface area contributed by atoms with Gasteiger partial charge in [0.25, 0.3) is 0 Å². The van der Waals surface area contributed by atoms with Gasteiger partial charge in [-0.05, 0) is 49.8 Å². The van der Waals surface area contributed by atoms with Crippen LogP contribution in [0.3, 0.4) is 0 Å². The lowest BCUT2D eigenvalue weighted by atomic mass is 10.0. The number of aliphatic hydroxyl groups is 1. The van der Waals surface area contributed by atoms with Gasteiger partial charge < -0.3 is 15.4 Å². The summed E-state index contributed by atoms with van der Waals surface area (Å²) in [6, 6.07) is 6.22. The van der Waals surface area contributed by atoms with Gasteiger partial charge in [-0.15, -0.1) is 0 Å². The van der Waals surface area contributed by atoms with Crippen LogP contribution in [-0.2, 0) is 11.2 Å². The first-order chi connectivity index (χ1) is 10.2. The van der Waals surface area contributed by atoms with Crippen LogP contribution in [0.1, 0.15) is 30.4 Å². The van der Waals surface area contributed by atoms with E-state index in [-0.39, 0.29) is 11.8 Å². The molecule has 3 rings (SSSR count). The van der Waals surface area contributed by atoms with Gasteiger partial charge in [0.2, 0.25) is 5.91 Å². The molecule has 4 nitrogen and oxygen atoms in total. The summed E-state index contributed by atoms with van der Waals surface area (Å²) in [7, 11) is 0. The molecule has 0 bridgehead atoms. The predicted molar refractivity (Wildman–Crippen MR) is 83.1 cm³/mol. The Labute approximate surface area is 124 Å². The molecule has 2 aromatic rings. The van der Waals surface area contributed by atoms with Crippen LogP contribution in [0.25, 0.3) is 10.9 Å². The van der Waals surface area contributed by atoms with E-state index in [1.165, 1.54) is 16.5 Å². The highest BCUT2D eigenvalue weighted by molar-refractivity contribution is 5.86. The smallest absolute Gasteiger partial charge is 0.225 e. The van der Waals surface area contributed by atoms with E-state index in [4.69, 9.17) is 0 Å². The summed E-state index contributed by atoms with van der Waals surface area (Å²) >= 11 is 0. The van der Waals surface area contributed by atoms with Gasteiger partial charge in [0.05, 0.1) is 12.0 Å². The van der Waals surface area contributed by atoms with Gasteiger partial charge in [-0.25, -0.2) is 0 Å². The Morgan fingerprint density at radius 1 is 1.43 bits per heavy atom. The lowest BCUT2D eigenvalue weighted by molar-refractivity contribution is -0.127. The zero-order valence-electron chi connectivity index (χ0n) is 12.4. The number of hydrogen-bond acceptors (Lipinski definition) is 2. The molecule has 21 heavy (non-hydrogen) atoms. The van der Waals surface area contributed by atoms with Gasteiger partial charge in [0, 0.05) is 23.6 Å². The Morgan fingerprint density at radius 3 is 3.05 bits per heavy atom. The first kappa shape index (κ1) is 14.1. The maximum Gasteiger partial charge on any atom is 0.225 e. The summed E-state index contributed by atoms with van der Waals surface area (Å²) < 4.78 is 0. The Bertz CT molecular complexity index is 647. The van der Waals surface area contributed by atoms with Crippen LogP contribution >= 0.6 is 0 Å². The molecule has 112 valence electrons. The molecule has 2 unspecified atom stereocenters. The van der Waals surface area contributed by atoms with Gasteiger partial charge >= 0.3 is 0 Å². The second-order valence-corrected chi connectivity index (χ2v) is 5.96. The number of benzene rings is 1. The molecule has 2 atom stereocenters. The van der Waals surface area contributed by atoms with Crippen molar-refractivity contribution < 1.29 is 9.90 Å². The number of aliphatic hydroxyl groups excluding tert-OH is 1. The fraction of sp³-hybridized carbons (Fsp3) is 0.471. The number of H-pyrrole nitrogens is 1. The number of rotatable bonds is 4. The van der Waals surface area contributed by atoms with E-state index in [1.807, 2.05) is 12.3 Å². The highest BCUT2D eigenvalue weighted by Gasteiger charge is 2.31. The third-order valence-corrected chi connectivity index (χ3v) is 4.51. The second kappa shape index (κ2) is 5.90. The Balaban J connectivity index is 1.61. The second-order valence-electron chi connectivity index (χ2n) is 5.96. The summed E-state index contributed by atoms with van der Waals surface area (Å²) in [5, 5.41) is 14.0. The highest BCUT2D eigenvalue weighted by Crippen LogP contribution is 2.25. The third kappa shape index (κ3) is 2.81. The molecule has 4 heteroatoms. The highest BCUT2D eigenvalue weighted by atomic mass is 16.3. The molecule has 1 fully saturated rings. The van der Waals surface area contributed by atoms with E-state index in [9.17, 15) is 9.90 Å². The number of carbonyl (C=O) groups excluding carboxylic acids is 1. The zero-order chi connectivity index (χ0) is 14.8. The number of amides is 1. The molecule has 1 aliphatic carbocycles. The van der Waals surface area contributed by atoms with Crippen molar-refractivity contribution in [3.8, 4) is 0 Å². The zero-order valence-corrected chi connectivity index (χ0v) is 12.4. The van der Waals surface area contributed by atoms with Crippen molar-refractivity contribution in [3.63, 3.8) is 0 Å². The number of aryl methyl sites for hydroxylation is 1. The van der Waals surface area contributed by atoms with E-state index in [0.29, 0.717) is 6.54 Å². The number of aromatic nitrogens is 1. The molecule has 1 heterocycles. The van der Waals surface area contributed by atoms with Crippen LogP contribution < -0.4 is 5.32 Å². The van der Waals surface area contributed by atoms with Gasteiger partial charge in [-0.2, -0.15) is 0 Å².